The molecule has 0 saturated heterocycles. The van der Waals surface area contributed by atoms with Gasteiger partial charge in [-0.25, -0.2) is 0 Å². The minimum atomic E-state index is 0.626. The summed E-state index contributed by atoms with van der Waals surface area (Å²) >= 11 is 0. The molecule has 2 heteroatoms. The number of nitrogens with one attached hydrogen (secondary N) is 1. The van der Waals surface area contributed by atoms with E-state index < -0.39 is 0 Å². The minimum Gasteiger partial charge on any atom is -0.497 e. The van der Waals surface area contributed by atoms with Crippen LogP contribution in [0.15, 0.2) is 24.3 Å². The molecule has 110 valence electrons. The Kier molecular flexibility index (Phi) is 3.76. The number of rotatable bonds is 6. The van der Waals surface area contributed by atoms with Crippen molar-refractivity contribution in [3.63, 3.8) is 0 Å². The molecule has 2 saturated carbocycles. The lowest BCUT2D eigenvalue weighted by Gasteiger charge is -2.38. The lowest BCUT2D eigenvalue weighted by atomic mass is 9.75. The van der Waals surface area contributed by atoms with Gasteiger partial charge in [-0.3, -0.25) is 0 Å². The highest BCUT2D eigenvalue weighted by atomic mass is 16.5. The van der Waals surface area contributed by atoms with Crippen molar-refractivity contribution in [1.29, 1.82) is 0 Å². The van der Waals surface area contributed by atoms with Crippen molar-refractivity contribution in [1.82, 2.24) is 5.32 Å². The molecular formula is C18H27NO. The maximum Gasteiger partial charge on any atom is 0.119 e. The normalized spacial score (nSPS) is 27.2. The number of hydrogen-bond donors (Lipinski definition) is 1. The molecule has 0 heterocycles. The van der Waals surface area contributed by atoms with Gasteiger partial charge in [0.25, 0.3) is 0 Å². The molecule has 0 unspecified atom stereocenters. The molecule has 1 aromatic carbocycles. The molecule has 2 aliphatic carbocycles. The molecule has 0 atom stereocenters. The summed E-state index contributed by atoms with van der Waals surface area (Å²) in [7, 11) is 1.74. The smallest absolute Gasteiger partial charge is 0.119 e. The SMILES string of the molecule is COc1cccc(C2CC(NCC3(C(C)C)CC3)C2)c1. The highest BCUT2D eigenvalue weighted by molar-refractivity contribution is 5.32. The topological polar surface area (TPSA) is 21.3 Å². The molecule has 2 fully saturated rings. The molecule has 0 bridgehead atoms. The van der Waals surface area contributed by atoms with Gasteiger partial charge in [0.2, 0.25) is 0 Å². The fraction of sp³-hybridized carbons (Fsp3) is 0.667. The third-order valence-electron chi connectivity index (χ3n) is 5.56. The van der Waals surface area contributed by atoms with Crippen LogP contribution in [0, 0.1) is 11.3 Å². The Morgan fingerprint density at radius 1 is 1.30 bits per heavy atom. The Hall–Kier alpha value is -1.02. The summed E-state index contributed by atoms with van der Waals surface area (Å²) in [5.41, 5.74) is 2.06. The molecule has 2 nitrogen and oxygen atoms in total. The van der Waals surface area contributed by atoms with Crippen LogP contribution in [0.3, 0.4) is 0 Å². The Morgan fingerprint density at radius 3 is 2.65 bits per heavy atom. The van der Waals surface area contributed by atoms with E-state index in [-0.39, 0.29) is 0 Å². The van der Waals surface area contributed by atoms with Crippen LogP contribution in [0.2, 0.25) is 0 Å². The summed E-state index contributed by atoms with van der Waals surface area (Å²) in [6, 6.07) is 9.28. The highest BCUT2D eigenvalue weighted by Crippen LogP contribution is 2.51. The lowest BCUT2D eigenvalue weighted by molar-refractivity contribution is 0.247. The van der Waals surface area contributed by atoms with E-state index in [4.69, 9.17) is 4.74 Å². The first-order valence-electron chi connectivity index (χ1n) is 8.00. The predicted molar refractivity (Wildman–Crippen MR) is 83.3 cm³/mol. The number of hydrogen-bond acceptors (Lipinski definition) is 2. The highest BCUT2D eigenvalue weighted by Gasteiger charge is 2.45. The summed E-state index contributed by atoms with van der Waals surface area (Å²) in [6.07, 6.45) is 5.40. The number of benzene rings is 1. The Labute approximate surface area is 122 Å². The van der Waals surface area contributed by atoms with Crippen molar-refractivity contribution in [3.8, 4) is 5.75 Å². The summed E-state index contributed by atoms with van der Waals surface area (Å²) in [5, 5.41) is 3.80. The van der Waals surface area contributed by atoms with E-state index in [1.165, 1.54) is 37.8 Å². The van der Waals surface area contributed by atoms with Crippen LogP contribution in [0.4, 0.5) is 0 Å². The summed E-state index contributed by atoms with van der Waals surface area (Å²) in [4.78, 5) is 0. The molecule has 3 rings (SSSR count). The average molecular weight is 273 g/mol. The van der Waals surface area contributed by atoms with Crippen LogP contribution in [-0.2, 0) is 0 Å². The van der Waals surface area contributed by atoms with E-state index in [0.717, 1.165) is 23.6 Å². The Morgan fingerprint density at radius 2 is 2.05 bits per heavy atom. The monoisotopic (exact) mass is 273 g/mol. The zero-order chi connectivity index (χ0) is 14.2. The Bertz CT molecular complexity index is 458. The molecule has 20 heavy (non-hydrogen) atoms. The van der Waals surface area contributed by atoms with Gasteiger partial charge in [-0.2, -0.15) is 0 Å². The van der Waals surface area contributed by atoms with Crippen molar-refractivity contribution < 1.29 is 4.74 Å². The van der Waals surface area contributed by atoms with Gasteiger partial charge >= 0.3 is 0 Å². The average Bonchev–Trinajstić information content (AvgIpc) is 3.18. The quantitative estimate of drug-likeness (QED) is 0.847. The molecule has 1 aromatic rings. The molecule has 1 N–H and O–H groups in total. The molecule has 0 radical (unpaired) electrons. The van der Waals surface area contributed by atoms with Crippen LogP contribution in [0.5, 0.6) is 5.75 Å². The molecule has 0 amide bonds. The maximum atomic E-state index is 5.31. The minimum absolute atomic E-state index is 0.626. The van der Waals surface area contributed by atoms with Crippen molar-refractivity contribution >= 4 is 0 Å². The van der Waals surface area contributed by atoms with Gasteiger partial charge in [0.05, 0.1) is 7.11 Å². The zero-order valence-corrected chi connectivity index (χ0v) is 13.0. The van der Waals surface area contributed by atoms with Gasteiger partial charge in [-0.05, 0) is 60.6 Å². The third-order valence-corrected chi connectivity index (χ3v) is 5.56. The standard InChI is InChI=1S/C18H27NO/c1-13(2)18(7-8-18)12-19-16-9-15(10-16)14-5-4-6-17(11-14)20-3/h4-6,11,13,15-16,19H,7-10,12H2,1-3H3. The first-order chi connectivity index (χ1) is 9.63. The second-order valence-electron chi connectivity index (χ2n) is 7.04. The molecular weight excluding hydrogens is 246 g/mol. The zero-order valence-electron chi connectivity index (χ0n) is 13.0. The molecule has 0 aromatic heterocycles. The fourth-order valence-corrected chi connectivity index (χ4v) is 3.42. The van der Waals surface area contributed by atoms with Crippen LogP contribution in [0.25, 0.3) is 0 Å². The molecule has 0 aliphatic heterocycles. The molecule has 0 spiro atoms. The maximum absolute atomic E-state index is 5.31. The Balaban J connectivity index is 1.47. The van der Waals surface area contributed by atoms with E-state index in [9.17, 15) is 0 Å². The third kappa shape index (κ3) is 2.71. The fourth-order valence-electron chi connectivity index (χ4n) is 3.42. The molecule has 2 aliphatic rings. The number of methoxy groups -OCH3 is 1. The predicted octanol–water partition coefficient (Wildman–Crippen LogP) is 3.97. The van der Waals surface area contributed by atoms with Gasteiger partial charge < -0.3 is 10.1 Å². The van der Waals surface area contributed by atoms with E-state index >= 15 is 0 Å². The first-order valence-corrected chi connectivity index (χ1v) is 8.00. The van der Waals surface area contributed by atoms with Crippen LogP contribution in [-0.4, -0.2) is 19.7 Å². The van der Waals surface area contributed by atoms with Gasteiger partial charge in [0, 0.05) is 12.6 Å². The van der Waals surface area contributed by atoms with Gasteiger partial charge in [-0.15, -0.1) is 0 Å². The summed E-state index contributed by atoms with van der Waals surface area (Å²) in [6.45, 7) is 5.96. The van der Waals surface area contributed by atoms with E-state index in [1.807, 2.05) is 6.07 Å². The second-order valence-corrected chi connectivity index (χ2v) is 7.04. The van der Waals surface area contributed by atoms with Crippen LogP contribution in [0.1, 0.15) is 51.0 Å². The summed E-state index contributed by atoms with van der Waals surface area (Å²) in [5.74, 6) is 2.52. The van der Waals surface area contributed by atoms with E-state index in [1.54, 1.807) is 7.11 Å². The van der Waals surface area contributed by atoms with Gasteiger partial charge in [0.1, 0.15) is 5.75 Å². The number of ether oxygens (including phenoxy) is 1. The lowest BCUT2D eigenvalue weighted by Crippen LogP contribution is -2.43. The van der Waals surface area contributed by atoms with Gasteiger partial charge in [-0.1, -0.05) is 26.0 Å². The largest absolute Gasteiger partial charge is 0.497 e. The second kappa shape index (κ2) is 5.40. The van der Waals surface area contributed by atoms with Gasteiger partial charge in [0.15, 0.2) is 0 Å². The first kappa shape index (κ1) is 13.9. The van der Waals surface area contributed by atoms with Crippen molar-refractivity contribution in [3.05, 3.63) is 29.8 Å². The van der Waals surface area contributed by atoms with E-state index in [2.05, 4.69) is 37.4 Å². The van der Waals surface area contributed by atoms with Crippen LogP contribution < -0.4 is 10.1 Å². The van der Waals surface area contributed by atoms with E-state index in [0.29, 0.717) is 5.41 Å². The summed E-state index contributed by atoms with van der Waals surface area (Å²) < 4.78 is 5.31. The van der Waals surface area contributed by atoms with Crippen LogP contribution >= 0.6 is 0 Å². The van der Waals surface area contributed by atoms with Crippen molar-refractivity contribution in [2.24, 2.45) is 11.3 Å². The van der Waals surface area contributed by atoms with Crippen molar-refractivity contribution in [2.45, 2.75) is 51.5 Å². The van der Waals surface area contributed by atoms with Crippen molar-refractivity contribution in [2.75, 3.05) is 13.7 Å².